The predicted octanol–water partition coefficient (Wildman–Crippen LogP) is 4.75. The number of nitrogens with one attached hydrogen (secondary N) is 1. The molecular formula is C16H26N2OS. The van der Waals surface area contributed by atoms with Crippen LogP contribution in [-0.2, 0) is 11.2 Å². The zero-order valence-corrected chi connectivity index (χ0v) is 13.5. The summed E-state index contributed by atoms with van der Waals surface area (Å²) in [6, 6.07) is 1.98. The minimum atomic E-state index is 0.0822. The van der Waals surface area contributed by atoms with Crippen LogP contribution in [-0.4, -0.2) is 16.6 Å². The molecule has 0 radical (unpaired) electrons. The Labute approximate surface area is 127 Å². The van der Waals surface area contributed by atoms with Gasteiger partial charge in [-0.3, -0.25) is 0 Å². The molecule has 3 nitrogen and oxygen atoms in total. The van der Waals surface area contributed by atoms with Crippen molar-refractivity contribution >= 4 is 12.2 Å². The van der Waals surface area contributed by atoms with Gasteiger partial charge in [-0.25, -0.2) is 4.98 Å². The topological polar surface area (TPSA) is 37.9 Å². The third-order valence-corrected chi connectivity index (χ3v) is 4.24. The standard InChI is InChI=1S/C16H26N2OS/c1-3-8-13-11-14(20)18-16(17-13)15(19-4-2)12-9-6-5-7-10-12/h11-12,15H,3-10H2,1-2H3,(H,17,18,20). The fourth-order valence-corrected chi connectivity index (χ4v) is 3.36. The Morgan fingerprint density at radius 2 is 2.10 bits per heavy atom. The molecule has 112 valence electrons. The first kappa shape index (κ1) is 15.6. The predicted molar refractivity (Wildman–Crippen MR) is 84.4 cm³/mol. The molecule has 1 aliphatic carbocycles. The maximum Gasteiger partial charge on any atom is 0.137 e. The molecular weight excluding hydrogens is 268 g/mol. The van der Waals surface area contributed by atoms with Crippen LogP contribution in [0.1, 0.15) is 70.0 Å². The van der Waals surface area contributed by atoms with Gasteiger partial charge in [0.05, 0.1) is 0 Å². The summed E-state index contributed by atoms with van der Waals surface area (Å²) in [5.74, 6) is 1.52. The summed E-state index contributed by atoms with van der Waals surface area (Å²) in [5.41, 5.74) is 1.18. The normalized spacial score (nSPS) is 18.1. The molecule has 2 rings (SSSR count). The Kier molecular flexibility index (Phi) is 6.17. The lowest BCUT2D eigenvalue weighted by molar-refractivity contribution is -0.000391. The van der Waals surface area contributed by atoms with Crippen LogP contribution in [0.25, 0.3) is 0 Å². The third kappa shape index (κ3) is 4.13. The molecule has 1 N–H and O–H groups in total. The van der Waals surface area contributed by atoms with Crippen LogP contribution in [0.15, 0.2) is 6.07 Å². The molecule has 1 aromatic heterocycles. The van der Waals surface area contributed by atoms with E-state index in [4.69, 9.17) is 17.0 Å². The van der Waals surface area contributed by atoms with E-state index in [9.17, 15) is 0 Å². The second-order valence-electron chi connectivity index (χ2n) is 5.65. The lowest BCUT2D eigenvalue weighted by Crippen LogP contribution is -2.21. The van der Waals surface area contributed by atoms with Crippen LogP contribution in [0.2, 0.25) is 0 Å². The molecule has 1 atom stereocenters. The van der Waals surface area contributed by atoms with Gasteiger partial charge in [-0.1, -0.05) is 44.8 Å². The van der Waals surface area contributed by atoms with E-state index in [-0.39, 0.29) is 6.10 Å². The minimum absolute atomic E-state index is 0.0822. The van der Waals surface area contributed by atoms with Crippen molar-refractivity contribution in [1.82, 2.24) is 9.97 Å². The summed E-state index contributed by atoms with van der Waals surface area (Å²) in [6.45, 7) is 4.96. The van der Waals surface area contributed by atoms with E-state index in [0.717, 1.165) is 25.3 Å². The molecule has 1 heterocycles. The average molecular weight is 294 g/mol. The summed E-state index contributed by atoms with van der Waals surface area (Å²) < 4.78 is 6.70. The van der Waals surface area contributed by atoms with Crippen molar-refractivity contribution in [2.24, 2.45) is 5.92 Å². The van der Waals surface area contributed by atoms with Gasteiger partial charge in [-0.05, 0) is 38.2 Å². The van der Waals surface area contributed by atoms with Crippen molar-refractivity contribution in [3.8, 4) is 0 Å². The highest BCUT2D eigenvalue weighted by Crippen LogP contribution is 2.35. The van der Waals surface area contributed by atoms with Crippen LogP contribution in [0.4, 0.5) is 0 Å². The molecule has 1 aliphatic rings. The van der Waals surface area contributed by atoms with E-state index in [1.807, 2.05) is 6.07 Å². The molecule has 0 spiro atoms. The number of rotatable bonds is 6. The largest absolute Gasteiger partial charge is 0.370 e. The SMILES string of the molecule is CCCc1cc(=S)nc(C(OCC)C2CCCCC2)[nH]1. The number of ether oxygens (including phenoxy) is 1. The fraction of sp³-hybridized carbons (Fsp3) is 0.750. The Morgan fingerprint density at radius 1 is 1.35 bits per heavy atom. The Bertz CT molecular complexity index is 466. The van der Waals surface area contributed by atoms with Gasteiger partial charge in [-0.15, -0.1) is 0 Å². The summed E-state index contributed by atoms with van der Waals surface area (Å²) >= 11 is 5.32. The maximum absolute atomic E-state index is 6.02. The van der Waals surface area contributed by atoms with Crippen LogP contribution in [0.3, 0.4) is 0 Å². The molecule has 0 bridgehead atoms. The van der Waals surface area contributed by atoms with E-state index >= 15 is 0 Å². The molecule has 1 fully saturated rings. The molecule has 1 aromatic rings. The number of aromatic amines is 1. The van der Waals surface area contributed by atoms with Crippen molar-refractivity contribution in [3.05, 3.63) is 22.2 Å². The molecule has 20 heavy (non-hydrogen) atoms. The van der Waals surface area contributed by atoms with Crippen molar-refractivity contribution in [2.45, 2.75) is 64.9 Å². The molecule has 0 aliphatic heterocycles. The van der Waals surface area contributed by atoms with Crippen LogP contribution < -0.4 is 0 Å². The molecule has 0 aromatic carbocycles. The lowest BCUT2D eigenvalue weighted by atomic mass is 9.85. The second-order valence-corrected chi connectivity index (χ2v) is 6.07. The van der Waals surface area contributed by atoms with Gasteiger partial charge in [0.2, 0.25) is 0 Å². The van der Waals surface area contributed by atoms with E-state index < -0.39 is 0 Å². The first-order chi connectivity index (χ1) is 9.74. The zero-order chi connectivity index (χ0) is 14.4. The zero-order valence-electron chi connectivity index (χ0n) is 12.7. The summed E-state index contributed by atoms with van der Waals surface area (Å²) in [5, 5.41) is 0. The van der Waals surface area contributed by atoms with Gasteiger partial charge < -0.3 is 9.72 Å². The smallest absolute Gasteiger partial charge is 0.137 e. The number of aromatic nitrogens is 2. The number of aryl methyl sites for hydroxylation is 1. The minimum Gasteiger partial charge on any atom is -0.370 e. The Hall–Kier alpha value is -0.740. The summed E-state index contributed by atoms with van der Waals surface area (Å²) in [7, 11) is 0. The quantitative estimate of drug-likeness (QED) is 0.769. The highest BCUT2D eigenvalue weighted by molar-refractivity contribution is 7.71. The van der Waals surface area contributed by atoms with Gasteiger partial charge >= 0.3 is 0 Å². The molecule has 1 saturated carbocycles. The van der Waals surface area contributed by atoms with Crippen LogP contribution in [0, 0.1) is 10.6 Å². The van der Waals surface area contributed by atoms with Crippen molar-refractivity contribution in [3.63, 3.8) is 0 Å². The van der Waals surface area contributed by atoms with Crippen LogP contribution in [0.5, 0.6) is 0 Å². The molecule has 0 saturated heterocycles. The van der Waals surface area contributed by atoms with Gasteiger partial charge in [0, 0.05) is 12.3 Å². The van der Waals surface area contributed by atoms with Gasteiger partial charge in [0.15, 0.2) is 0 Å². The fourth-order valence-electron chi connectivity index (χ4n) is 3.12. The van der Waals surface area contributed by atoms with Crippen molar-refractivity contribution in [2.75, 3.05) is 6.61 Å². The average Bonchev–Trinajstić information content (AvgIpc) is 2.45. The highest BCUT2D eigenvalue weighted by Gasteiger charge is 2.27. The summed E-state index contributed by atoms with van der Waals surface area (Å²) in [6.07, 6.45) is 8.66. The number of H-pyrrole nitrogens is 1. The number of hydrogen-bond acceptors (Lipinski definition) is 3. The van der Waals surface area contributed by atoms with Crippen molar-refractivity contribution in [1.29, 1.82) is 0 Å². The van der Waals surface area contributed by atoms with Gasteiger partial charge in [0.1, 0.15) is 16.6 Å². The summed E-state index contributed by atoms with van der Waals surface area (Å²) in [4.78, 5) is 8.01. The van der Waals surface area contributed by atoms with E-state index in [2.05, 4.69) is 23.8 Å². The van der Waals surface area contributed by atoms with E-state index in [0.29, 0.717) is 10.6 Å². The monoisotopic (exact) mass is 294 g/mol. The molecule has 1 unspecified atom stereocenters. The van der Waals surface area contributed by atoms with Crippen molar-refractivity contribution < 1.29 is 4.74 Å². The Balaban J connectivity index is 2.25. The maximum atomic E-state index is 6.02. The van der Waals surface area contributed by atoms with E-state index in [1.165, 1.54) is 37.8 Å². The van der Waals surface area contributed by atoms with E-state index in [1.54, 1.807) is 0 Å². The first-order valence-corrected chi connectivity index (χ1v) is 8.37. The number of hydrogen-bond donors (Lipinski definition) is 1. The third-order valence-electron chi connectivity index (χ3n) is 4.03. The lowest BCUT2D eigenvalue weighted by Gasteiger charge is -2.29. The van der Waals surface area contributed by atoms with Gasteiger partial charge in [-0.2, -0.15) is 0 Å². The van der Waals surface area contributed by atoms with Crippen LogP contribution >= 0.6 is 12.2 Å². The van der Waals surface area contributed by atoms with Gasteiger partial charge in [0.25, 0.3) is 0 Å². The highest BCUT2D eigenvalue weighted by atomic mass is 32.1. The molecule has 0 amide bonds. The Morgan fingerprint density at radius 3 is 2.75 bits per heavy atom. The number of nitrogens with zero attached hydrogens (tertiary/aromatic N) is 1. The first-order valence-electron chi connectivity index (χ1n) is 7.96. The molecule has 4 heteroatoms. The second kappa shape index (κ2) is 7.89.